The summed E-state index contributed by atoms with van der Waals surface area (Å²) in [4.78, 5) is 10.4. The Morgan fingerprint density at radius 3 is 2.21 bits per heavy atom. The number of nitro benzene ring substituents is 1. The Kier molecular flexibility index (Phi) is 5.21. The van der Waals surface area contributed by atoms with Gasteiger partial charge in [0.15, 0.2) is 0 Å². The van der Waals surface area contributed by atoms with Crippen molar-refractivity contribution >= 4 is 17.1 Å². The Balaban J connectivity index is 1.98. The molecule has 0 aromatic heterocycles. The standard InChI is InChI=1S/C20H15F3N2O3/c1-28-19-11-14(13-5-3-2-4-6-13)7-9-17(19)24-16-10-8-15(20(21,22)23)12-18(16)25(26)27/h2-12,24H,1H3. The van der Waals surface area contributed by atoms with Gasteiger partial charge in [0.05, 0.1) is 23.3 Å². The zero-order chi connectivity index (χ0) is 20.3. The molecule has 3 aromatic rings. The predicted molar refractivity (Wildman–Crippen MR) is 99.8 cm³/mol. The molecule has 0 bridgehead atoms. The molecule has 0 fully saturated rings. The van der Waals surface area contributed by atoms with Gasteiger partial charge < -0.3 is 10.1 Å². The van der Waals surface area contributed by atoms with Crippen LogP contribution < -0.4 is 10.1 Å². The van der Waals surface area contributed by atoms with Gasteiger partial charge in [-0.3, -0.25) is 10.1 Å². The van der Waals surface area contributed by atoms with E-state index in [0.29, 0.717) is 17.5 Å². The lowest BCUT2D eigenvalue weighted by molar-refractivity contribution is -0.384. The van der Waals surface area contributed by atoms with Crippen LogP contribution in [0.25, 0.3) is 11.1 Å². The van der Waals surface area contributed by atoms with Crippen molar-refractivity contribution in [2.24, 2.45) is 0 Å². The Bertz CT molecular complexity index is 1010. The molecule has 0 radical (unpaired) electrons. The zero-order valence-corrected chi connectivity index (χ0v) is 14.7. The lowest BCUT2D eigenvalue weighted by Gasteiger charge is -2.14. The van der Waals surface area contributed by atoms with E-state index in [1.54, 1.807) is 18.2 Å². The number of hydrogen-bond donors (Lipinski definition) is 1. The third kappa shape index (κ3) is 4.06. The predicted octanol–water partition coefficient (Wildman–Crippen LogP) is 6.03. The maximum absolute atomic E-state index is 12.9. The number of nitrogens with zero attached hydrogens (tertiary/aromatic N) is 1. The number of ether oxygens (including phenoxy) is 1. The minimum Gasteiger partial charge on any atom is -0.495 e. The van der Waals surface area contributed by atoms with Crippen molar-refractivity contribution in [1.29, 1.82) is 0 Å². The molecule has 0 spiro atoms. The molecule has 0 amide bonds. The van der Waals surface area contributed by atoms with Crippen molar-refractivity contribution in [2.45, 2.75) is 6.18 Å². The highest BCUT2D eigenvalue weighted by molar-refractivity contribution is 5.77. The maximum Gasteiger partial charge on any atom is 0.416 e. The molecule has 0 aliphatic heterocycles. The summed E-state index contributed by atoms with van der Waals surface area (Å²) >= 11 is 0. The number of nitrogens with one attached hydrogen (secondary N) is 1. The molecule has 0 unspecified atom stereocenters. The molecule has 1 N–H and O–H groups in total. The summed E-state index contributed by atoms with van der Waals surface area (Å²) in [5, 5.41) is 14.0. The van der Waals surface area contributed by atoms with Gasteiger partial charge in [-0.25, -0.2) is 0 Å². The molecule has 144 valence electrons. The number of methoxy groups -OCH3 is 1. The second kappa shape index (κ2) is 7.59. The van der Waals surface area contributed by atoms with Crippen molar-refractivity contribution in [1.82, 2.24) is 0 Å². The maximum atomic E-state index is 12.9. The third-order valence-electron chi connectivity index (χ3n) is 4.10. The number of halogens is 3. The molecule has 28 heavy (non-hydrogen) atoms. The van der Waals surface area contributed by atoms with E-state index in [-0.39, 0.29) is 5.69 Å². The van der Waals surface area contributed by atoms with Gasteiger partial charge in [0.1, 0.15) is 11.4 Å². The van der Waals surface area contributed by atoms with Crippen LogP contribution in [-0.2, 0) is 6.18 Å². The third-order valence-corrected chi connectivity index (χ3v) is 4.10. The van der Waals surface area contributed by atoms with Crippen LogP contribution in [0.1, 0.15) is 5.56 Å². The average molecular weight is 388 g/mol. The molecular formula is C20H15F3N2O3. The highest BCUT2D eigenvalue weighted by Crippen LogP contribution is 2.38. The number of nitro groups is 1. The number of hydrogen-bond acceptors (Lipinski definition) is 4. The lowest BCUT2D eigenvalue weighted by atomic mass is 10.0. The normalized spacial score (nSPS) is 11.1. The molecule has 0 heterocycles. The van der Waals surface area contributed by atoms with Crippen LogP contribution in [0.5, 0.6) is 5.75 Å². The fourth-order valence-corrected chi connectivity index (χ4v) is 2.71. The second-order valence-electron chi connectivity index (χ2n) is 5.89. The van der Waals surface area contributed by atoms with E-state index in [0.717, 1.165) is 23.3 Å². The van der Waals surface area contributed by atoms with Gasteiger partial charge in [0.25, 0.3) is 5.69 Å². The molecule has 3 aromatic carbocycles. The van der Waals surface area contributed by atoms with E-state index in [4.69, 9.17) is 4.74 Å². The summed E-state index contributed by atoms with van der Waals surface area (Å²) in [6.45, 7) is 0. The topological polar surface area (TPSA) is 64.4 Å². The summed E-state index contributed by atoms with van der Waals surface area (Å²) < 4.78 is 43.9. The first-order valence-corrected chi connectivity index (χ1v) is 8.15. The molecule has 0 aliphatic carbocycles. The monoisotopic (exact) mass is 388 g/mol. The smallest absolute Gasteiger partial charge is 0.416 e. The van der Waals surface area contributed by atoms with Crippen LogP contribution in [0.15, 0.2) is 66.7 Å². The number of rotatable bonds is 5. The first-order chi connectivity index (χ1) is 13.3. The Morgan fingerprint density at radius 2 is 1.61 bits per heavy atom. The summed E-state index contributed by atoms with van der Waals surface area (Å²) in [6.07, 6.45) is -4.67. The summed E-state index contributed by atoms with van der Waals surface area (Å²) in [7, 11) is 1.44. The van der Waals surface area contributed by atoms with Crippen molar-refractivity contribution in [3.8, 4) is 16.9 Å². The van der Waals surface area contributed by atoms with Gasteiger partial charge >= 0.3 is 6.18 Å². The second-order valence-corrected chi connectivity index (χ2v) is 5.89. The van der Waals surface area contributed by atoms with E-state index >= 15 is 0 Å². The van der Waals surface area contributed by atoms with Gasteiger partial charge in [0.2, 0.25) is 0 Å². The largest absolute Gasteiger partial charge is 0.495 e. The minimum atomic E-state index is -4.67. The molecule has 8 heteroatoms. The molecule has 0 aliphatic rings. The number of alkyl halides is 3. The molecular weight excluding hydrogens is 373 g/mol. The van der Waals surface area contributed by atoms with E-state index in [1.807, 2.05) is 30.3 Å². The van der Waals surface area contributed by atoms with Crippen molar-refractivity contribution in [3.05, 3.63) is 82.4 Å². The van der Waals surface area contributed by atoms with Gasteiger partial charge in [0, 0.05) is 6.07 Å². The zero-order valence-electron chi connectivity index (χ0n) is 14.7. The van der Waals surface area contributed by atoms with Crippen LogP contribution in [-0.4, -0.2) is 12.0 Å². The van der Waals surface area contributed by atoms with Crippen molar-refractivity contribution < 1.29 is 22.8 Å². The average Bonchev–Trinajstić information content (AvgIpc) is 2.68. The molecule has 3 rings (SSSR count). The quantitative estimate of drug-likeness (QED) is 0.428. The van der Waals surface area contributed by atoms with Crippen molar-refractivity contribution in [2.75, 3.05) is 12.4 Å². The number of benzene rings is 3. The molecule has 5 nitrogen and oxygen atoms in total. The van der Waals surface area contributed by atoms with Gasteiger partial charge in [-0.05, 0) is 35.4 Å². The fraction of sp³-hybridized carbons (Fsp3) is 0.100. The summed E-state index contributed by atoms with van der Waals surface area (Å²) in [6, 6.07) is 17.0. The Morgan fingerprint density at radius 1 is 0.929 bits per heavy atom. The molecule has 0 saturated heterocycles. The van der Waals surface area contributed by atoms with E-state index in [9.17, 15) is 23.3 Å². The van der Waals surface area contributed by atoms with Crippen LogP contribution in [0, 0.1) is 10.1 Å². The Hall–Kier alpha value is -3.55. The first-order valence-electron chi connectivity index (χ1n) is 8.15. The fourth-order valence-electron chi connectivity index (χ4n) is 2.71. The lowest BCUT2D eigenvalue weighted by Crippen LogP contribution is -2.07. The van der Waals surface area contributed by atoms with Crippen LogP contribution in [0.4, 0.5) is 30.2 Å². The summed E-state index contributed by atoms with van der Waals surface area (Å²) in [5.41, 5.74) is 0.381. The highest BCUT2D eigenvalue weighted by Gasteiger charge is 2.33. The van der Waals surface area contributed by atoms with Crippen LogP contribution >= 0.6 is 0 Å². The SMILES string of the molecule is COc1cc(-c2ccccc2)ccc1Nc1ccc(C(F)(F)F)cc1[N+](=O)[O-]. The van der Waals surface area contributed by atoms with E-state index in [1.165, 1.54) is 7.11 Å². The first kappa shape index (κ1) is 19.2. The van der Waals surface area contributed by atoms with Crippen LogP contribution in [0.3, 0.4) is 0 Å². The van der Waals surface area contributed by atoms with Crippen molar-refractivity contribution in [3.63, 3.8) is 0 Å². The van der Waals surface area contributed by atoms with Crippen LogP contribution in [0.2, 0.25) is 0 Å². The molecule has 0 saturated carbocycles. The van der Waals surface area contributed by atoms with Gasteiger partial charge in [-0.1, -0.05) is 36.4 Å². The van der Waals surface area contributed by atoms with E-state index < -0.39 is 22.4 Å². The van der Waals surface area contributed by atoms with Gasteiger partial charge in [-0.2, -0.15) is 13.2 Å². The number of anilines is 2. The Labute approximate surface area is 158 Å². The summed E-state index contributed by atoms with van der Waals surface area (Å²) in [5.74, 6) is 0.399. The van der Waals surface area contributed by atoms with E-state index in [2.05, 4.69) is 5.32 Å². The van der Waals surface area contributed by atoms with Gasteiger partial charge in [-0.15, -0.1) is 0 Å². The minimum absolute atomic E-state index is 0.0660. The molecule has 0 atom stereocenters. The highest BCUT2D eigenvalue weighted by atomic mass is 19.4.